The van der Waals surface area contributed by atoms with Gasteiger partial charge in [-0.25, -0.2) is 0 Å². The monoisotopic (exact) mass is 524 g/mol. The van der Waals surface area contributed by atoms with Crippen LogP contribution in [0.2, 0.25) is 36.3 Å². The summed E-state index contributed by atoms with van der Waals surface area (Å²) in [6, 6.07) is 12.6. The van der Waals surface area contributed by atoms with Crippen molar-refractivity contribution in [2.75, 3.05) is 6.61 Å². The van der Waals surface area contributed by atoms with Gasteiger partial charge in [-0.05, 0) is 74.4 Å². The molecule has 6 heteroatoms. The van der Waals surface area contributed by atoms with Crippen LogP contribution in [-0.4, -0.2) is 28.8 Å². The second-order valence-corrected chi connectivity index (χ2v) is 23.2. The summed E-state index contributed by atoms with van der Waals surface area (Å²) >= 11 is 0. The van der Waals surface area contributed by atoms with Gasteiger partial charge in [0.25, 0.3) is 0 Å². The van der Waals surface area contributed by atoms with Crippen LogP contribution in [0, 0.1) is 0 Å². The molecule has 0 fully saturated rings. The molecular weight excluding hydrogens is 480 g/mol. The molecule has 0 aliphatic carbocycles. The average Bonchev–Trinajstić information content (AvgIpc) is 2.70. The lowest BCUT2D eigenvalue weighted by Gasteiger charge is -2.41. The van der Waals surface area contributed by atoms with Crippen molar-refractivity contribution in [3.05, 3.63) is 47.5 Å². The Balaban J connectivity index is 1.71. The predicted molar refractivity (Wildman–Crippen MR) is 156 cm³/mol. The van der Waals surface area contributed by atoms with Crippen molar-refractivity contribution in [2.24, 2.45) is 0 Å². The highest BCUT2D eigenvalue weighted by Crippen LogP contribution is 2.51. The van der Waals surface area contributed by atoms with Gasteiger partial charge < -0.3 is 18.3 Å². The molecule has 2 heterocycles. The minimum atomic E-state index is -1.94. The van der Waals surface area contributed by atoms with E-state index in [1.165, 1.54) is 11.1 Å². The Morgan fingerprint density at radius 1 is 0.722 bits per heavy atom. The highest BCUT2D eigenvalue weighted by Gasteiger charge is 2.42. The Bertz CT molecular complexity index is 1210. The summed E-state index contributed by atoms with van der Waals surface area (Å²) in [5, 5.41) is 0.266. The molecule has 36 heavy (non-hydrogen) atoms. The molecule has 0 N–H and O–H groups in total. The molecule has 2 aromatic carbocycles. The Morgan fingerprint density at radius 3 is 1.69 bits per heavy atom. The molecule has 0 unspecified atom stereocenters. The van der Waals surface area contributed by atoms with Crippen molar-refractivity contribution in [2.45, 2.75) is 97.3 Å². The average molecular weight is 525 g/mol. The van der Waals surface area contributed by atoms with Crippen molar-refractivity contribution in [1.82, 2.24) is 0 Å². The van der Waals surface area contributed by atoms with Crippen LogP contribution in [0.15, 0.2) is 36.4 Å². The fraction of sp³-hybridized carbons (Fsp3) is 0.533. The highest BCUT2D eigenvalue weighted by atomic mass is 28.4. The topological polar surface area (TPSA) is 36.9 Å². The van der Waals surface area contributed by atoms with E-state index in [4.69, 9.17) is 18.3 Å². The van der Waals surface area contributed by atoms with Crippen LogP contribution in [0.25, 0.3) is 11.1 Å². The first-order valence-electron chi connectivity index (χ1n) is 13.0. The van der Waals surface area contributed by atoms with Crippen molar-refractivity contribution in [3.8, 4) is 23.0 Å². The molecular formula is C30H44O4Si2. The van der Waals surface area contributed by atoms with E-state index < -0.39 is 22.2 Å². The van der Waals surface area contributed by atoms with Gasteiger partial charge in [0.05, 0.1) is 0 Å². The second-order valence-electron chi connectivity index (χ2n) is 13.8. The second kappa shape index (κ2) is 8.42. The lowest BCUT2D eigenvalue weighted by Crippen LogP contribution is -2.44. The maximum atomic E-state index is 6.64. The summed E-state index contributed by atoms with van der Waals surface area (Å²) < 4.78 is 26.1. The van der Waals surface area contributed by atoms with Gasteiger partial charge in [-0.2, -0.15) is 0 Å². The van der Waals surface area contributed by atoms with Crippen molar-refractivity contribution in [1.29, 1.82) is 0 Å². The first kappa shape index (κ1) is 26.9. The number of benzene rings is 2. The number of hydrogen-bond acceptors (Lipinski definition) is 4. The molecule has 0 amide bonds. The van der Waals surface area contributed by atoms with Crippen LogP contribution in [0.3, 0.4) is 0 Å². The van der Waals surface area contributed by atoms with E-state index in [9.17, 15) is 0 Å². The van der Waals surface area contributed by atoms with Crippen LogP contribution in [0.1, 0.15) is 66.5 Å². The molecule has 0 radical (unpaired) electrons. The fourth-order valence-corrected chi connectivity index (χ4v) is 6.34. The van der Waals surface area contributed by atoms with E-state index in [1.807, 2.05) is 0 Å². The van der Waals surface area contributed by atoms with Gasteiger partial charge in [0.1, 0.15) is 35.2 Å². The van der Waals surface area contributed by atoms with Crippen molar-refractivity contribution >= 4 is 27.8 Å². The van der Waals surface area contributed by atoms with E-state index in [1.54, 1.807) is 0 Å². The molecule has 0 spiro atoms. The SMILES string of the molecule is CC1(C)Oc2cc(O[Si](C)(C)C(C)(C)C)ccc2C2=C1c1ccc(O[Si](C)(C)C(C)(C)C)cc1OC2. The molecule has 196 valence electrons. The van der Waals surface area contributed by atoms with Crippen LogP contribution in [0.5, 0.6) is 23.0 Å². The summed E-state index contributed by atoms with van der Waals surface area (Å²) in [7, 11) is -3.88. The van der Waals surface area contributed by atoms with Crippen molar-refractivity contribution in [3.63, 3.8) is 0 Å². The first-order valence-corrected chi connectivity index (χ1v) is 18.9. The molecule has 0 saturated carbocycles. The third-order valence-electron chi connectivity index (χ3n) is 8.50. The molecule has 0 atom stereocenters. The zero-order valence-corrected chi connectivity index (χ0v) is 26.3. The smallest absolute Gasteiger partial charge is 0.250 e. The summed E-state index contributed by atoms with van der Waals surface area (Å²) in [5.74, 6) is 3.49. The predicted octanol–water partition coefficient (Wildman–Crippen LogP) is 8.93. The van der Waals surface area contributed by atoms with E-state index in [0.717, 1.165) is 34.1 Å². The third-order valence-corrected chi connectivity index (χ3v) is 17.2. The number of ether oxygens (including phenoxy) is 2. The summed E-state index contributed by atoms with van der Waals surface area (Å²) in [6.45, 7) is 27.4. The lowest BCUT2D eigenvalue weighted by atomic mass is 9.80. The van der Waals surface area contributed by atoms with E-state index in [2.05, 4.69) is 118 Å². The van der Waals surface area contributed by atoms with Crippen LogP contribution in [-0.2, 0) is 0 Å². The summed E-state index contributed by atoms with van der Waals surface area (Å²) in [5.41, 5.74) is 4.03. The molecule has 4 rings (SSSR count). The molecule has 4 nitrogen and oxygen atoms in total. The zero-order valence-electron chi connectivity index (χ0n) is 24.3. The van der Waals surface area contributed by atoms with Gasteiger partial charge in [-0.3, -0.25) is 0 Å². The maximum Gasteiger partial charge on any atom is 0.250 e. The molecule has 0 bridgehead atoms. The van der Waals surface area contributed by atoms with E-state index >= 15 is 0 Å². The van der Waals surface area contributed by atoms with Gasteiger partial charge in [0.15, 0.2) is 0 Å². The molecule has 2 aliphatic heterocycles. The van der Waals surface area contributed by atoms with Gasteiger partial charge in [-0.15, -0.1) is 0 Å². The van der Waals surface area contributed by atoms with Crippen molar-refractivity contribution < 1.29 is 18.3 Å². The van der Waals surface area contributed by atoms with Crippen LogP contribution >= 0.6 is 0 Å². The number of hydrogen-bond donors (Lipinski definition) is 0. The molecule has 2 aliphatic rings. The Morgan fingerprint density at radius 2 is 1.19 bits per heavy atom. The number of rotatable bonds is 4. The fourth-order valence-electron chi connectivity index (χ4n) is 4.30. The Hall–Kier alpha value is -2.19. The van der Waals surface area contributed by atoms with Gasteiger partial charge in [0.2, 0.25) is 16.6 Å². The molecule has 0 saturated heterocycles. The first-order chi connectivity index (χ1) is 16.3. The summed E-state index contributed by atoms with van der Waals surface area (Å²) in [6.07, 6.45) is 0. The van der Waals surface area contributed by atoms with E-state index in [0.29, 0.717) is 6.61 Å². The largest absolute Gasteiger partial charge is 0.543 e. The lowest BCUT2D eigenvalue weighted by molar-refractivity contribution is 0.165. The van der Waals surface area contributed by atoms with Gasteiger partial charge >= 0.3 is 0 Å². The number of fused-ring (bicyclic) bond motifs is 4. The molecule has 2 aromatic rings. The standard InChI is InChI=1S/C30H44O4Si2/c1-28(2,3)35(9,10)33-20-14-16-23-25(17-20)31-19-24-22-15-13-21(34-36(11,12)29(4,5)6)18-26(22)32-30(7,8)27(23)24/h13-18H,19H2,1-12H3. The summed E-state index contributed by atoms with van der Waals surface area (Å²) in [4.78, 5) is 0. The van der Waals surface area contributed by atoms with Gasteiger partial charge in [0, 0.05) is 34.4 Å². The minimum absolute atomic E-state index is 0.132. The Kier molecular flexibility index (Phi) is 6.28. The van der Waals surface area contributed by atoms with Crippen LogP contribution < -0.4 is 18.3 Å². The van der Waals surface area contributed by atoms with E-state index in [-0.39, 0.29) is 10.1 Å². The normalized spacial score (nSPS) is 17.3. The Labute approximate surface area is 220 Å². The third kappa shape index (κ3) is 4.74. The highest BCUT2D eigenvalue weighted by molar-refractivity contribution is 6.75. The maximum absolute atomic E-state index is 6.64. The molecule has 0 aromatic heterocycles. The zero-order chi connectivity index (χ0) is 26.9. The minimum Gasteiger partial charge on any atom is -0.543 e. The van der Waals surface area contributed by atoms with Gasteiger partial charge in [-0.1, -0.05) is 41.5 Å². The van der Waals surface area contributed by atoms with Crippen LogP contribution in [0.4, 0.5) is 0 Å². The quantitative estimate of drug-likeness (QED) is 0.374.